The zero-order valence-corrected chi connectivity index (χ0v) is 10.4. The third-order valence-corrected chi connectivity index (χ3v) is 3.59. The van der Waals surface area contributed by atoms with E-state index in [0.717, 1.165) is 29.2 Å². The highest BCUT2D eigenvalue weighted by Crippen LogP contribution is 2.31. The van der Waals surface area contributed by atoms with Gasteiger partial charge in [0.25, 0.3) is 0 Å². The minimum absolute atomic E-state index is 0.831. The lowest BCUT2D eigenvalue weighted by Crippen LogP contribution is -2.15. The van der Waals surface area contributed by atoms with Crippen molar-refractivity contribution in [3.05, 3.63) is 28.2 Å². The second kappa shape index (κ2) is 4.99. The molecule has 1 aromatic carbocycles. The Hall–Kier alpha value is -0.540. The van der Waals surface area contributed by atoms with Crippen molar-refractivity contribution in [2.24, 2.45) is 5.92 Å². The van der Waals surface area contributed by atoms with Gasteiger partial charge in [-0.25, -0.2) is 0 Å². The van der Waals surface area contributed by atoms with Crippen LogP contribution >= 0.6 is 15.9 Å². The standard InChI is InChI=1S/C12H17BrN2/c13-12-4-3-11(14)7-10(12)8-15-6-5-9-1-2-9/h3-4,7,9,15H,1-2,5-6,8,14H2. The van der Waals surface area contributed by atoms with Crippen LogP contribution in [0.4, 0.5) is 5.69 Å². The van der Waals surface area contributed by atoms with Crippen LogP contribution in [0.1, 0.15) is 24.8 Å². The minimum atomic E-state index is 0.831. The Balaban J connectivity index is 1.78. The van der Waals surface area contributed by atoms with Crippen molar-refractivity contribution in [2.45, 2.75) is 25.8 Å². The van der Waals surface area contributed by atoms with Gasteiger partial charge in [0.1, 0.15) is 0 Å². The molecule has 0 spiro atoms. The predicted octanol–water partition coefficient (Wildman–Crippen LogP) is 2.92. The number of rotatable bonds is 5. The molecule has 1 saturated carbocycles. The Morgan fingerprint density at radius 2 is 2.20 bits per heavy atom. The van der Waals surface area contributed by atoms with E-state index in [4.69, 9.17) is 5.73 Å². The number of anilines is 1. The third-order valence-electron chi connectivity index (χ3n) is 2.81. The van der Waals surface area contributed by atoms with Crippen molar-refractivity contribution in [1.29, 1.82) is 0 Å². The molecule has 0 unspecified atom stereocenters. The molecule has 0 heterocycles. The van der Waals surface area contributed by atoms with E-state index in [0.29, 0.717) is 0 Å². The molecule has 0 atom stereocenters. The molecule has 82 valence electrons. The van der Waals surface area contributed by atoms with Gasteiger partial charge in [0.05, 0.1) is 0 Å². The largest absolute Gasteiger partial charge is 0.399 e. The second-order valence-electron chi connectivity index (χ2n) is 4.26. The van der Waals surface area contributed by atoms with E-state index in [9.17, 15) is 0 Å². The van der Waals surface area contributed by atoms with Crippen LogP contribution in [0.2, 0.25) is 0 Å². The molecule has 0 amide bonds. The van der Waals surface area contributed by atoms with Crippen LogP contribution in [-0.4, -0.2) is 6.54 Å². The number of hydrogen-bond acceptors (Lipinski definition) is 2. The van der Waals surface area contributed by atoms with E-state index in [-0.39, 0.29) is 0 Å². The van der Waals surface area contributed by atoms with Gasteiger partial charge in [0.2, 0.25) is 0 Å². The van der Waals surface area contributed by atoms with E-state index in [2.05, 4.69) is 21.2 Å². The fourth-order valence-corrected chi connectivity index (χ4v) is 2.05. The van der Waals surface area contributed by atoms with Gasteiger partial charge in [-0.2, -0.15) is 0 Å². The minimum Gasteiger partial charge on any atom is -0.399 e. The van der Waals surface area contributed by atoms with E-state index >= 15 is 0 Å². The Kier molecular flexibility index (Phi) is 3.65. The van der Waals surface area contributed by atoms with Crippen LogP contribution in [0.15, 0.2) is 22.7 Å². The highest BCUT2D eigenvalue weighted by Gasteiger charge is 2.19. The van der Waals surface area contributed by atoms with Crippen LogP contribution in [0, 0.1) is 5.92 Å². The van der Waals surface area contributed by atoms with Gasteiger partial charge in [-0.05, 0) is 42.6 Å². The maximum atomic E-state index is 5.74. The first-order valence-corrected chi connectivity index (χ1v) is 6.29. The average Bonchev–Trinajstić information content (AvgIpc) is 3.01. The highest BCUT2D eigenvalue weighted by molar-refractivity contribution is 9.10. The summed E-state index contributed by atoms with van der Waals surface area (Å²) in [6, 6.07) is 5.94. The summed E-state index contributed by atoms with van der Waals surface area (Å²) in [6.45, 7) is 2.02. The number of nitrogens with one attached hydrogen (secondary N) is 1. The lowest BCUT2D eigenvalue weighted by atomic mass is 10.2. The first-order valence-electron chi connectivity index (χ1n) is 5.50. The number of halogens is 1. The molecule has 3 heteroatoms. The van der Waals surface area contributed by atoms with Gasteiger partial charge in [-0.15, -0.1) is 0 Å². The molecular formula is C12H17BrN2. The zero-order valence-electron chi connectivity index (χ0n) is 8.80. The summed E-state index contributed by atoms with van der Waals surface area (Å²) in [5.74, 6) is 1.00. The van der Waals surface area contributed by atoms with Crippen LogP contribution in [0.5, 0.6) is 0 Å². The number of nitrogen functional groups attached to an aromatic ring is 1. The summed E-state index contributed by atoms with van der Waals surface area (Å²) in [5, 5.41) is 3.46. The van der Waals surface area contributed by atoms with Gasteiger partial charge in [0.15, 0.2) is 0 Å². The molecule has 2 rings (SSSR count). The van der Waals surface area contributed by atoms with Crippen molar-refractivity contribution in [2.75, 3.05) is 12.3 Å². The monoisotopic (exact) mass is 268 g/mol. The van der Waals surface area contributed by atoms with Gasteiger partial charge in [-0.1, -0.05) is 28.8 Å². The van der Waals surface area contributed by atoms with Crippen molar-refractivity contribution in [1.82, 2.24) is 5.32 Å². The van der Waals surface area contributed by atoms with Crippen LogP contribution in [0.25, 0.3) is 0 Å². The smallest absolute Gasteiger partial charge is 0.0318 e. The van der Waals surface area contributed by atoms with Crippen LogP contribution < -0.4 is 11.1 Å². The van der Waals surface area contributed by atoms with E-state index < -0.39 is 0 Å². The quantitative estimate of drug-likeness (QED) is 0.637. The third kappa shape index (κ3) is 3.50. The molecule has 3 N–H and O–H groups in total. The Morgan fingerprint density at radius 3 is 2.93 bits per heavy atom. The van der Waals surface area contributed by atoms with Crippen molar-refractivity contribution in [3.63, 3.8) is 0 Å². The summed E-state index contributed by atoms with van der Waals surface area (Å²) >= 11 is 3.53. The number of hydrogen-bond donors (Lipinski definition) is 2. The first kappa shape index (κ1) is 11.0. The fraction of sp³-hybridized carbons (Fsp3) is 0.500. The van der Waals surface area contributed by atoms with Crippen molar-refractivity contribution < 1.29 is 0 Å². The highest BCUT2D eigenvalue weighted by atomic mass is 79.9. The second-order valence-corrected chi connectivity index (χ2v) is 5.11. The molecule has 0 aliphatic heterocycles. The molecule has 1 aliphatic rings. The summed E-state index contributed by atoms with van der Waals surface area (Å²) in [4.78, 5) is 0. The van der Waals surface area contributed by atoms with Gasteiger partial charge in [0, 0.05) is 16.7 Å². The van der Waals surface area contributed by atoms with Gasteiger partial charge in [-0.3, -0.25) is 0 Å². The first-order chi connectivity index (χ1) is 7.25. The SMILES string of the molecule is Nc1ccc(Br)c(CNCCC2CC2)c1. The summed E-state index contributed by atoms with van der Waals surface area (Å²) in [5.41, 5.74) is 7.81. The van der Waals surface area contributed by atoms with Gasteiger partial charge < -0.3 is 11.1 Å². The maximum absolute atomic E-state index is 5.74. The van der Waals surface area contributed by atoms with Crippen LogP contribution in [0.3, 0.4) is 0 Å². The Morgan fingerprint density at radius 1 is 1.40 bits per heavy atom. The number of benzene rings is 1. The van der Waals surface area contributed by atoms with Crippen molar-refractivity contribution >= 4 is 21.6 Å². The molecular weight excluding hydrogens is 252 g/mol. The molecule has 1 fully saturated rings. The molecule has 0 radical (unpaired) electrons. The summed E-state index contributed by atoms with van der Waals surface area (Å²) < 4.78 is 1.13. The molecule has 1 aromatic rings. The zero-order chi connectivity index (χ0) is 10.7. The maximum Gasteiger partial charge on any atom is 0.0318 e. The Bertz CT molecular complexity index is 334. The van der Waals surface area contributed by atoms with Gasteiger partial charge >= 0.3 is 0 Å². The van der Waals surface area contributed by atoms with E-state index in [1.54, 1.807) is 0 Å². The molecule has 0 aromatic heterocycles. The van der Waals surface area contributed by atoms with Crippen LogP contribution in [-0.2, 0) is 6.54 Å². The number of nitrogens with two attached hydrogens (primary N) is 1. The molecule has 2 nitrogen and oxygen atoms in total. The fourth-order valence-electron chi connectivity index (χ4n) is 1.67. The average molecular weight is 269 g/mol. The molecule has 0 saturated heterocycles. The molecule has 0 bridgehead atoms. The molecule has 1 aliphatic carbocycles. The topological polar surface area (TPSA) is 38.0 Å². The Labute approximate surface area is 99.4 Å². The summed E-state index contributed by atoms with van der Waals surface area (Å²) in [6.07, 6.45) is 4.19. The predicted molar refractivity (Wildman–Crippen MR) is 67.6 cm³/mol. The normalized spacial score (nSPS) is 15.5. The van der Waals surface area contributed by atoms with E-state index in [1.165, 1.54) is 24.8 Å². The van der Waals surface area contributed by atoms with E-state index in [1.807, 2.05) is 18.2 Å². The summed E-state index contributed by atoms with van der Waals surface area (Å²) in [7, 11) is 0. The lowest BCUT2D eigenvalue weighted by molar-refractivity contribution is 0.612. The van der Waals surface area contributed by atoms with Crippen molar-refractivity contribution in [3.8, 4) is 0 Å². The lowest BCUT2D eigenvalue weighted by Gasteiger charge is -2.07. The molecule has 15 heavy (non-hydrogen) atoms.